The molecule has 1 aliphatic rings. The Morgan fingerprint density at radius 1 is 1.00 bits per heavy atom. The number of halogens is 2. The second kappa shape index (κ2) is 8.22. The number of hydrogen-bond acceptors (Lipinski definition) is 2. The molecule has 2 amide bonds. The first-order valence-electron chi connectivity index (χ1n) is 8.38. The molecule has 0 bridgehead atoms. The molecule has 1 fully saturated rings. The highest BCUT2D eigenvalue weighted by Crippen LogP contribution is 2.28. The molecule has 2 unspecified atom stereocenters. The van der Waals surface area contributed by atoms with E-state index in [0.717, 1.165) is 25.0 Å². The Balaban J connectivity index is 1.78. The number of rotatable bonds is 5. The fourth-order valence-electron chi connectivity index (χ4n) is 3.41. The highest BCUT2D eigenvalue weighted by atomic mass is 19.1. The summed E-state index contributed by atoms with van der Waals surface area (Å²) in [5.74, 6) is -1.31. The number of carbonyl (C=O) groups is 2. The zero-order valence-electron chi connectivity index (χ0n) is 14.1. The van der Waals surface area contributed by atoms with Gasteiger partial charge in [-0.05, 0) is 43.2 Å². The van der Waals surface area contributed by atoms with Crippen molar-refractivity contribution < 1.29 is 18.4 Å². The topological polar surface area (TPSA) is 58.2 Å². The molecule has 6 heteroatoms. The van der Waals surface area contributed by atoms with Gasteiger partial charge in [-0.15, -0.1) is 0 Å². The maximum atomic E-state index is 13.5. The maximum absolute atomic E-state index is 13.5. The van der Waals surface area contributed by atoms with Crippen molar-refractivity contribution in [1.29, 1.82) is 0 Å². The summed E-state index contributed by atoms with van der Waals surface area (Å²) in [5, 5.41) is 5.14. The van der Waals surface area contributed by atoms with Crippen LogP contribution >= 0.6 is 0 Å². The Hall–Kier alpha value is -1.98. The van der Waals surface area contributed by atoms with Crippen LogP contribution in [0.15, 0.2) is 18.2 Å². The van der Waals surface area contributed by atoms with Crippen molar-refractivity contribution in [2.75, 3.05) is 5.32 Å². The van der Waals surface area contributed by atoms with Gasteiger partial charge in [0, 0.05) is 18.9 Å². The van der Waals surface area contributed by atoms with E-state index in [0.29, 0.717) is 11.8 Å². The Morgan fingerprint density at radius 3 is 2.12 bits per heavy atom. The normalized spacial score (nSPS) is 23.6. The summed E-state index contributed by atoms with van der Waals surface area (Å²) in [6, 6.07) is 3.50. The summed E-state index contributed by atoms with van der Waals surface area (Å²) in [5.41, 5.74) is -0.474. The third-order valence-electron chi connectivity index (χ3n) is 4.35. The van der Waals surface area contributed by atoms with E-state index in [1.54, 1.807) is 0 Å². The van der Waals surface area contributed by atoms with E-state index >= 15 is 0 Å². The van der Waals surface area contributed by atoms with Crippen molar-refractivity contribution in [2.45, 2.75) is 52.0 Å². The predicted octanol–water partition coefficient (Wildman–Crippen LogP) is 3.62. The van der Waals surface area contributed by atoms with Gasteiger partial charge in [0.05, 0.1) is 0 Å². The molecule has 1 aromatic rings. The van der Waals surface area contributed by atoms with Gasteiger partial charge in [0.1, 0.15) is 17.3 Å². The summed E-state index contributed by atoms with van der Waals surface area (Å²) < 4.78 is 26.9. The Kier molecular flexibility index (Phi) is 6.29. The second-order valence-electron chi connectivity index (χ2n) is 6.83. The van der Waals surface area contributed by atoms with Crippen molar-refractivity contribution in [3.63, 3.8) is 0 Å². The van der Waals surface area contributed by atoms with Crippen LogP contribution in [0.1, 0.15) is 46.0 Å². The van der Waals surface area contributed by atoms with Gasteiger partial charge in [0.2, 0.25) is 11.8 Å². The second-order valence-corrected chi connectivity index (χ2v) is 6.83. The largest absolute Gasteiger partial charge is 0.353 e. The van der Waals surface area contributed by atoms with Crippen LogP contribution in [0.25, 0.3) is 0 Å². The molecule has 24 heavy (non-hydrogen) atoms. The number of para-hydroxylation sites is 1. The highest BCUT2D eigenvalue weighted by Gasteiger charge is 2.25. The van der Waals surface area contributed by atoms with Gasteiger partial charge < -0.3 is 10.6 Å². The Morgan fingerprint density at radius 2 is 1.54 bits per heavy atom. The minimum atomic E-state index is -0.835. The fraction of sp³-hybridized carbons (Fsp3) is 0.556. The average Bonchev–Trinajstić information content (AvgIpc) is 2.48. The summed E-state index contributed by atoms with van der Waals surface area (Å²) in [7, 11) is 0. The third kappa shape index (κ3) is 5.28. The number of benzene rings is 1. The number of nitrogens with one attached hydrogen (secondary N) is 2. The van der Waals surface area contributed by atoms with Crippen LogP contribution in [-0.2, 0) is 9.59 Å². The van der Waals surface area contributed by atoms with Crippen LogP contribution in [0.3, 0.4) is 0 Å². The molecule has 0 radical (unpaired) electrons. The van der Waals surface area contributed by atoms with Crippen LogP contribution in [0.4, 0.5) is 14.5 Å². The molecule has 0 aliphatic heterocycles. The lowest BCUT2D eigenvalue weighted by Gasteiger charge is -2.31. The van der Waals surface area contributed by atoms with Crippen molar-refractivity contribution in [3.05, 3.63) is 29.8 Å². The summed E-state index contributed by atoms with van der Waals surface area (Å²) in [4.78, 5) is 23.8. The van der Waals surface area contributed by atoms with E-state index < -0.39 is 23.2 Å². The third-order valence-corrected chi connectivity index (χ3v) is 4.35. The smallest absolute Gasteiger partial charge is 0.225 e. The number of carbonyl (C=O) groups excluding carboxylic acids is 2. The molecular weight excluding hydrogens is 314 g/mol. The minimum absolute atomic E-state index is 0.00116. The van der Waals surface area contributed by atoms with Gasteiger partial charge in [0.15, 0.2) is 0 Å². The lowest BCUT2D eigenvalue weighted by molar-refractivity contribution is -0.125. The quantitative estimate of drug-likeness (QED) is 0.861. The van der Waals surface area contributed by atoms with Crippen molar-refractivity contribution in [3.8, 4) is 0 Å². The lowest BCUT2D eigenvalue weighted by Crippen LogP contribution is -2.40. The van der Waals surface area contributed by atoms with E-state index in [1.807, 2.05) is 0 Å². The predicted molar refractivity (Wildman–Crippen MR) is 88.3 cm³/mol. The van der Waals surface area contributed by atoms with Crippen LogP contribution in [0.5, 0.6) is 0 Å². The molecule has 132 valence electrons. The minimum Gasteiger partial charge on any atom is -0.353 e. The molecule has 0 saturated heterocycles. The van der Waals surface area contributed by atoms with Crippen LogP contribution < -0.4 is 10.6 Å². The van der Waals surface area contributed by atoms with Crippen molar-refractivity contribution in [1.82, 2.24) is 5.32 Å². The standard InChI is InChI=1S/C18H24F2N2O2/c1-11-8-12(2)10-13(9-11)21-16(23)6-7-17(24)22-18-14(19)4-3-5-15(18)20/h3-5,11-13H,6-10H2,1-2H3,(H,21,23)(H,22,24). The lowest BCUT2D eigenvalue weighted by atomic mass is 9.80. The molecule has 0 spiro atoms. The first kappa shape index (κ1) is 18.4. The Labute approximate surface area is 141 Å². The zero-order valence-corrected chi connectivity index (χ0v) is 14.1. The first-order valence-corrected chi connectivity index (χ1v) is 8.38. The average molecular weight is 338 g/mol. The van der Waals surface area contributed by atoms with E-state index in [4.69, 9.17) is 0 Å². The molecule has 1 aliphatic carbocycles. The van der Waals surface area contributed by atoms with Gasteiger partial charge in [-0.3, -0.25) is 9.59 Å². The van der Waals surface area contributed by atoms with Gasteiger partial charge >= 0.3 is 0 Å². The Bertz CT molecular complexity index is 576. The van der Waals surface area contributed by atoms with Gasteiger partial charge in [-0.2, -0.15) is 0 Å². The number of amides is 2. The van der Waals surface area contributed by atoms with Crippen molar-refractivity contribution >= 4 is 17.5 Å². The van der Waals surface area contributed by atoms with E-state index in [-0.39, 0.29) is 24.8 Å². The number of anilines is 1. The number of hydrogen-bond donors (Lipinski definition) is 2. The van der Waals surface area contributed by atoms with E-state index in [2.05, 4.69) is 24.5 Å². The maximum Gasteiger partial charge on any atom is 0.225 e. The zero-order chi connectivity index (χ0) is 17.7. The molecule has 1 saturated carbocycles. The summed E-state index contributed by atoms with van der Waals surface area (Å²) in [6.45, 7) is 4.34. The molecular formula is C18H24F2N2O2. The molecule has 2 atom stereocenters. The molecule has 2 N–H and O–H groups in total. The van der Waals surface area contributed by atoms with E-state index in [9.17, 15) is 18.4 Å². The SMILES string of the molecule is CC1CC(C)CC(NC(=O)CCC(=O)Nc2c(F)cccc2F)C1. The molecule has 0 aromatic heterocycles. The van der Waals surface area contributed by atoms with Crippen LogP contribution in [-0.4, -0.2) is 17.9 Å². The van der Waals surface area contributed by atoms with Crippen molar-refractivity contribution in [2.24, 2.45) is 11.8 Å². The summed E-state index contributed by atoms with van der Waals surface area (Å²) in [6.07, 6.45) is 2.95. The van der Waals surface area contributed by atoms with Crippen LogP contribution in [0.2, 0.25) is 0 Å². The molecule has 0 heterocycles. The first-order chi connectivity index (χ1) is 11.3. The van der Waals surface area contributed by atoms with Gasteiger partial charge in [-0.1, -0.05) is 19.9 Å². The monoisotopic (exact) mass is 338 g/mol. The summed E-state index contributed by atoms with van der Waals surface area (Å²) >= 11 is 0. The molecule has 4 nitrogen and oxygen atoms in total. The fourth-order valence-corrected chi connectivity index (χ4v) is 3.41. The molecule has 1 aromatic carbocycles. The molecule has 2 rings (SSSR count). The van der Waals surface area contributed by atoms with Gasteiger partial charge in [-0.25, -0.2) is 8.78 Å². The highest BCUT2D eigenvalue weighted by molar-refractivity contribution is 5.93. The van der Waals surface area contributed by atoms with Gasteiger partial charge in [0.25, 0.3) is 0 Å². The van der Waals surface area contributed by atoms with E-state index in [1.165, 1.54) is 12.5 Å². The van der Waals surface area contributed by atoms with Crippen LogP contribution in [0, 0.1) is 23.5 Å².